The average Bonchev–Trinajstić information content (AvgIpc) is 2.47. The van der Waals surface area contributed by atoms with Crippen LogP contribution in [0.1, 0.15) is 12.8 Å². The number of carboxylic acid groups (broad SMARTS) is 1. The largest absolute Gasteiger partial charge is 0.481 e. The van der Waals surface area contributed by atoms with Gasteiger partial charge in [-0.1, -0.05) is 12.1 Å². The molecule has 0 atom stereocenters. The molecule has 1 fully saturated rings. The number of nitrogens with zero attached hydrogens (tertiary/aromatic N) is 2. The van der Waals surface area contributed by atoms with Crippen molar-refractivity contribution in [1.82, 2.24) is 4.31 Å². The summed E-state index contributed by atoms with van der Waals surface area (Å²) in [5.74, 6) is -1.91. The normalized spacial score (nSPS) is 17.1. The van der Waals surface area contributed by atoms with Gasteiger partial charge >= 0.3 is 22.0 Å². The Morgan fingerprint density at radius 2 is 1.91 bits per heavy atom. The first-order chi connectivity index (χ1) is 10.3. The third kappa shape index (κ3) is 3.52. The van der Waals surface area contributed by atoms with Crippen LogP contribution in [-0.4, -0.2) is 41.8 Å². The van der Waals surface area contributed by atoms with E-state index in [1.807, 2.05) is 0 Å². The van der Waals surface area contributed by atoms with E-state index in [9.17, 15) is 23.3 Å². The molecule has 2 rings (SSSR count). The van der Waals surface area contributed by atoms with Gasteiger partial charge in [-0.05, 0) is 18.9 Å². The topological polar surface area (TPSA) is 127 Å². The lowest BCUT2D eigenvalue weighted by Gasteiger charge is -2.28. The highest BCUT2D eigenvalue weighted by Gasteiger charge is 2.33. The van der Waals surface area contributed by atoms with Crippen molar-refractivity contribution < 1.29 is 27.4 Å². The lowest BCUT2D eigenvalue weighted by atomic mass is 9.99. The molecule has 0 aromatic heterocycles. The fourth-order valence-electron chi connectivity index (χ4n) is 2.17. The van der Waals surface area contributed by atoms with Crippen LogP contribution in [0.5, 0.6) is 5.75 Å². The van der Waals surface area contributed by atoms with Crippen LogP contribution >= 0.6 is 0 Å². The van der Waals surface area contributed by atoms with Gasteiger partial charge < -0.3 is 9.29 Å². The molecule has 1 aromatic carbocycles. The van der Waals surface area contributed by atoms with E-state index in [1.54, 1.807) is 0 Å². The molecule has 1 aromatic rings. The number of nitro benzene ring substituents is 1. The maximum atomic E-state index is 12.1. The molecule has 9 nitrogen and oxygen atoms in total. The smallest absolute Gasteiger partial charge is 0.385 e. The molecule has 0 radical (unpaired) electrons. The molecule has 1 aliphatic heterocycles. The fraction of sp³-hybridized carbons (Fsp3) is 0.417. The van der Waals surface area contributed by atoms with Crippen molar-refractivity contribution in [2.45, 2.75) is 12.8 Å². The van der Waals surface area contributed by atoms with Gasteiger partial charge in [0.25, 0.3) is 0 Å². The molecule has 1 heterocycles. The number of piperidine rings is 1. The van der Waals surface area contributed by atoms with Crippen LogP contribution in [0.2, 0.25) is 0 Å². The predicted molar refractivity (Wildman–Crippen MR) is 74.6 cm³/mol. The highest BCUT2D eigenvalue weighted by Crippen LogP contribution is 2.29. The van der Waals surface area contributed by atoms with Gasteiger partial charge in [0.15, 0.2) is 0 Å². The molecular formula is C12H14N2O7S. The highest BCUT2D eigenvalue weighted by atomic mass is 32.2. The minimum atomic E-state index is -4.21. The summed E-state index contributed by atoms with van der Waals surface area (Å²) in [4.78, 5) is 21.0. The molecule has 1 saturated heterocycles. The first-order valence-electron chi connectivity index (χ1n) is 6.47. The van der Waals surface area contributed by atoms with E-state index in [-0.39, 0.29) is 31.7 Å². The Morgan fingerprint density at radius 1 is 1.32 bits per heavy atom. The number of para-hydroxylation sites is 2. The lowest BCUT2D eigenvalue weighted by molar-refractivity contribution is -0.385. The predicted octanol–water partition coefficient (Wildman–Crippen LogP) is 1.01. The summed E-state index contributed by atoms with van der Waals surface area (Å²) in [7, 11) is -4.21. The van der Waals surface area contributed by atoms with Crippen molar-refractivity contribution in [3.05, 3.63) is 34.4 Å². The van der Waals surface area contributed by atoms with Gasteiger partial charge in [-0.25, -0.2) is 0 Å². The van der Waals surface area contributed by atoms with Crippen LogP contribution in [-0.2, 0) is 15.1 Å². The molecule has 0 saturated carbocycles. The first-order valence-corrected chi connectivity index (χ1v) is 7.83. The Labute approximate surface area is 126 Å². The Morgan fingerprint density at radius 3 is 2.45 bits per heavy atom. The van der Waals surface area contributed by atoms with Gasteiger partial charge in [0.05, 0.1) is 10.8 Å². The molecule has 0 amide bonds. The van der Waals surface area contributed by atoms with Crippen LogP contribution in [0, 0.1) is 16.0 Å². The molecule has 0 unspecified atom stereocenters. The summed E-state index contributed by atoms with van der Waals surface area (Å²) >= 11 is 0. The van der Waals surface area contributed by atoms with Crippen molar-refractivity contribution in [3.63, 3.8) is 0 Å². The molecule has 1 N–H and O–H groups in total. The zero-order valence-corrected chi connectivity index (χ0v) is 12.2. The Balaban J connectivity index is 2.13. The number of rotatable bonds is 5. The van der Waals surface area contributed by atoms with Gasteiger partial charge in [0, 0.05) is 19.2 Å². The second kappa shape index (κ2) is 6.28. The number of hydrogen-bond acceptors (Lipinski definition) is 6. The summed E-state index contributed by atoms with van der Waals surface area (Å²) < 4.78 is 30.1. The van der Waals surface area contributed by atoms with E-state index in [0.29, 0.717) is 0 Å². The molecule has 0 aliphatic carbocycles. The highest BCUT2D eigenvalue weighted by molar-refractivity contribution is 7.84. The average molecular weight is 330 g/mol. The van der Waals surface area contributed by atoms with E-state index >= 15 is 0 Å². The minimum absolute atomic E-state index is 0.0000683. The van der Waals surface area contributed by atoms with E-state index in [0.717, 1.165) is 10.4 Å². The van der Waals surface area contributed by atoms with Crippen molar-refractivity contribution in [2.24, 2.45) is 5.92 Å². The van der Waals surface area contributed by atoms with Crippen LogP contribution in [0.25, 0.3) is 0 Å². The quantitative estimate of drug-likeness (QED) is 0.630. The molecular weight excluding hydrogens is 316 g/mol. The van der Waals surface area contributed by atoms with E-state index in [2.05, 4.69) is 0 Å². The Kier molecular flexibility index (Phi) is 4.62. The summed E-state index contributed by atoms with van der Waals surface area (Å²) in [6.45, 7) is -0.000137. The Hall–Kier alpha value is -2.20. The number of benzene rings is 1. The van der Waals surface area contributed by atoms with Gasteiger partial charge in [0.1, 0.15) is 0 Å². The van der Waals surface area contributed by atoms with Gasteiger partial charge in [-0.15, -0.1) is 0 Å². The van der Waals surface area contributed by atoms with E-state index in [1.165, 1.54) is 18.2 Å². The monoisotopic (exact) mass is 330 g/mol. The summed E-state index contributed by atoms with van der Waals surface area (Å²) in [5.41, 5.74) is -0.452. The van der Waals surface area contributed by atoms with Gasteiger partial charge in [-0.2, -0.15) is 12.7 Å². The second-order valence-corrected chi connectivity index (χ2v) is 6.32. The second-order valence-electron chi connectivity index (χ2n) is 4.78. The summed E-state index contributed by atoms with van der Waals surface area (Å²) in [6, 6.07) is 5.16. The minimum Gasteiger partial charge on any atom is -0.481 e. The molecule has 0 spiro atoms. The Bertz CT molecular complexity index is 680. The number of aliphatic carboxylic acids is 1. The van der Waals surface area contributed by atoms with E-state index in [4.69, 9.17) is 9.29 Å². The van der Waals surface area contributed by atoms with Crippen LogP contribution in [0.4, 0.5) is 5.69 Å². The van der Waals surface area contributed by atoms with Crippen LogP contribution in [0.15, 0.2) is 24.3 Å². The fourth-order valence-corrected chi connectivity index (χ4v) is 3.30. The molecule has 120 valence electrons. The number of nitro groups is 1. The van der Waals surface area contributed by atoms with Gasteiger partial charge in [-0.3, -0.25) is 14.9 Å². The molecule has 0 bridgehead atoms. The standard InChI is InChI=1S/C12H14N2O7S/c15-12(16)9-5-7-13(8-6-9)22(19,20)21-11-4-2-1-3-10(11)14(17)18/h1-4,9H,5-8H2,(H,15,16). The summed E-state index contributed by atoms with van der Waals surface area (Å²) in [5, 5.41) is 19.7. The third-order valence-electron chi connectivity index (χ3n) is 3.38. The molecule has 10 heteroatoms. The maximum Gasteiger partial charge on any atom is 0.385 e. The van der Waals surface area contributed by atoms with Crippen LogP contribution in [0.3, 0.4) is 0 Å². The van der Waals surface area contributed by atoms with Crippen molar-refractivity contribution >= 4 is 22.0 Å². The van der Waals surface area contributed by atoms with Crippen LogP contribution < -0.4 is 4.18 Å². The number of carboxylic acids is 1. The zero-order valence-electron chi connectivity index (χ0n) is 11.4. The first kappa shape index (κ1) is 16.2. The zero-order chi connectivity index (χ0) is 16.3. The molecule has 22 heavy (non-hydrogen) atoms. The SMILES string of the molecule is O=C(O)C1CCN(S(=O)(=O)Oc2ccccc2[N+](=O)[O-])CC1. The van der Waals surface area contributed by atoms with E-state index < -0.39 is 32.8 Å². The number of hydrogen-bond donors (Lipinski definition) is 1. The van der Waals surface area contributed by atoms with Crippen molar-refractivity contribution in [2.75, 3.05) is 13.1 Å². The third-order valence-corrected chi connectivity index (χ3v) is 4.76. The molecule has 1 aliphatic rings. The lowest BCUT2D eigenvalue weighted by Crippen LogP contribution is -2.42. The summed E-state index contributed by atoms with van der Waals surface area (Å²) in [6.07, 6.45) is 0.351. The van der Waals surface area contributed by atoms with Gasteiger partial charge in [0.2, 0.25) is 5.75 Å². The maximum absolute atomic E-state index is 12.1. The van der Waals surface area contributed by atoms with Crippen molar-refractivity contribution in [1.29, 1.82) is 0 Å². The number of carbonyl (C=O) groups is 1. The van der Waals surface area contributed by atoms with Crippen molar-refractivity contribution in [3.8, 4) is 5.75 Å².